The molecule has 96 valence electrons. The van der Waals surface area contributed by atoms with Crippen molar-refractivity contribution < 1.29 is 9.59 Å². The molecule has 1 unspecified atom stereocenters. The van der Waals surface area contributed by atoms with Crippen molar-refractivity contribution in [3.8, 4) is 0 Å². The Hall–Kier alpha value is -1.26. The van der Waals surface area contributed by atoms with Crippen LogP contribution < -0.4 is 10.6 Å². The quantitative estimate of drug-likeness (QED) is 0.877. The highest BCUT2D eigenvalue weighted by molar-refractivity contribution is 6.35. The molecular formula is C12H12Cl2N2O2. The SMILES string of the molecule is O=C1CCC(C(=O)Nc2cc(Cl)cc(Cl)c2)CN1. The second kappa shape index (κ2) is 5.59. The lowest BCUT2D eigenvalue weighted by atomic mass is 9.98. The summed E-state index contributed by atoms with van der Waals surface area (Å²) in [7, 11) is 0. The molecule has 0 spiro atoms. The zero-order chi connectivity index (χ0) is 13.1. The van der Waals surface area contributed by atoms with Crippen LogP contribution in [0.5, 0.6) is 0 Å². The van der Waals surface area contributed by atoms with Crippen LogP contribution in [0, 0.1) is 5.92 Å². The van der Waals surface area contributed by atoms with E-state index >= 15 is 0 Å². The predicted octanol–water partition coefficient (Wildman–Crippen LogP) is 2.46. The molecule has 6 heteroatoms. The van der Waals surface area contributed by atoms with E-state index in [0.717, 1.165) is 0 Å². The molecule has 1 aromatic rings. The second-order valence-electron chi connectivity index (χ2n) is 4.19. The third-order valence-electron chi connectivity index (χ3n) is 2.77. The number of hydrogen-bond donors (Lipinski definition) is 2. The highest BCUT2D eigenvalue weighted by Gasteiger charge is 2.24. The minimum absolute atomic E-state index is 0.00940. The fraction of sp³-hybridized carbons (Fsp3) is 0.333. The molecule has 1 aliphatic heterocycles. The summed E-state index contributed by atoms with van der Waals surface area (Å²) >= 11 is 11.7. The number of carbonyl (C=O) groups excluding carboxylic acids is 2. The van der Waals surface area contributed by atoms with Crippen LogP contribution in [0.25, 0.3) is 0 Å². The van der Waals surface area contributed by atoms with Crippen molar-refractivity contribution in [2.75, 3.05) is 11.9 Å². The molecule has 1 aromatic carbocycles. The van der Waals surface area contributed by atoms with E-state index in [1.807, 2.05) is 0 Å². The van der Waals surface area contributed by atoms with Crippen LogP contribution in [0.4, 0.5) is 5.69 Å². The molecule has 4 nitrogen and oxygen atoms in total. The Morgan fingerprint density at radius 2 is 1.94 bits per heavy atom. The maximum Gasteiger partial charge on any atom is 0.229 e. The molecule has 0 aromatic heterocycles. The van der Waals surface area contributed by atoms with E-state index in [4.69, 9.17) is 23.2 Å². The molecule has 18 heavy (non-hydrogen) atoms. The van der Waals surface area contributed by atoms with Crippen molar-refractivity contribution in [2.45, 2.75) is 12.8 Å². The topological polar surface area (TPSA) is 58.2 Å². The van der Waals surface area contributed by atoms with Gasteiger partial charge in [0.1, 0.15) is 0 Å². The molecule has 0 radical (unpaired) electrons. The molecule has 2 N–H and O–H groups in total. The van der Waals surface area contributed by atoms with Gasteiger partial charge in [0.05, 0.1) is 5.92 Å². The van der Waals surface area contributed by atoms with E-state index in [1.165, 1.54) is 0 Å². The first kappa shape index (κ1) is 13.2. The summed E-state index contributed by atoms with van der Waals surface area (Å²) in [5.41, 5.74) is 0.564. The number of piperidine rings is 1. The first-order chi connectivity index (χ1) is 8.54. The summed E-state index contributed by atoms with van der Waals surface area (Å²) in [5.74, 6) is -0.348. The number of benzene rings is 1. The Balaban J connectivity index is 2.00. The fourth-order valence-corrected chi connectivity index (χ4v) is 2.35. The van der Waals surface area contributed by atoms with Crippen molar-refractivity contribution in [3.63, 3.8) is 0 Å². The van der Waals surface area contributed by atoms with E-state index in [1.54, 1.807) is 18.2 Å². The number of carbonyl (C=O) groups is 2. The Bertz CT molecular complexity index is 461. The average molecular weight is 287 g/mol. The van der Waals surface area contributed by atoms with Crippen molar-refractivity contribution in [1.29, 1.82) is 0 Å². The van der Waals surface area contributed by atoms with Crippen LogP contribution >= 0.6 is 23.2 Å². The lowest BCUT2D eigenvalue weighted by Crippen LogP contribution is -2.40. The van der Waals surface area contributed by atoms with Crippen molar-refractivity contribution in [3.05, 3.63) is 28.2 Å². The van der Waals surface area contributed by atoms with Crippen molar-refractivity contribution in [2.24, 2.45) is 5.92 Å². The number of amides is 2. The van der Waals surface area contributed by atoms with E-state index in [0.29, 0.717) is 35.1 Å². The predicted molar refractivity (Wildman–Crippen MR) is 70.8 cm³/mol. The molecule has 1 atom stereocenters. The van der Waals surface area contributed by atoms with Crippen LogP contribution in [-0.4, -0.2) is 18.4 Å². The molecule has 1 saturated heterocycles. The summed E-state index contributed by atoms with van der Waals surface area (Å²) < 4.78 is 0. The third-order valence-corrected chi connectivity index (χ3v) is 3.20. The lowest BCUT2D eigenvalue weighted by Gasteiger charge is -2.21. The van der Waals surface area contributed by atoms with Gasteiger partial charge in [0.2, 0.25) is 11.8 Å². The zero-order valence-corrected chi connectivity index (χ0v) is 11.0. The smallest absolute Gasteiger partial charge is 0.229 e. The van der Waals surface area contributed by atoms with Gasteiger partial charge in [-0.1, -0.05) is 23.2 Å². The Kier molecular flexibility index (Phi) is 4.09. The van der Waals surface area contributed by atoms with E-state index in [-0.39, 0.29) is 17.7 Å². The number of anilines is 1. The molecule has 0 aliphatic carbocycles. The molecule has 1 heterocycles. The largest absolute Gasteiger partial charge is 0.355 e. The maximum atomic E-state index is 11.9. The number of nitrogens with one attached hydrogen (secondary N) is 2. The standard InChI is InChI=1S/C12H12Cl2N2O2/c13-8-3-9(14)5-10(4-8)16-12(18)7-1-2-11(17)15-6-7/h3-5,7H,1-2,6H2,(H,15,17)(H,16,18). The van der Waals surface area contributed by atoms with E-state index < -0.39 is 0 Å². The van der Waals surface area contributed by atoms with E-state index in [9.17, 15) is 9.59 Å². The normalized spacial score (nSPS) is 19.2. The molecule has 1 fully saturated rings. The number of hydrogen-bond acceptors (Lipinski definition) is 2. The summed E-state index contributed by atoms with van der Waals surface area (Å²) in [6.07, 6.45) is 0.945. The highest BCUT2D eigenvalue weighted by atomic mass is 35.5. The lowest BCUT2D eigenvalue weighted by molar-refractivity contribution is -0.126. The van der Waals surface area contributed by atoms with Crippen LogP contribution in [0.15, 0.2) is 18.2 Å². The Morgan fingerprint density at radius 3 is 2.50 bits per heavy atom. The van der Waals surface area contributed by atoms with Crippen LogP contribution in [-0.2, 0) is 9.59 Å². The maximum absolute atomic E-state index is 11.9. The van der Waals surface area contributed by atoms with Gasteiger partial charge >= 0.3 is 0 Å². The highest BCUT2D eigenvalue weighted by Crippen LogP contribution is 2.23. The van der Waals surface area contributed by atoms with Gasteiger partial charge in [0.25, 0.3) is 0 Å². The second-order valence-corrected chi connectivity index (χ2v) is 5.06. The molecule has 0 bridgehead atoms. The molecule has 0 saturated carbocycles. The van der Waals surface area contributed by atoms with Crippen molar-refractivity contribution in [1.82, 2.24) is 5.32 Å². The van der Waals surface area contributed by atoms with Gasteiger partial charge in [-0.05, 0) is 24.6 Å². The Labute approximate surface area is 115 Å². The fourth-order valence-electron chi connectivity index (χ4n) is 1.83. The first-order valence-corrected chi connectivity index (χ1v) is 6.34. The summed E-state index contributed by atoms with van der Waals surface area (Å²) in [6.45, 7) is 0.374. The first-order valence-electron chi connectivity index (χ1n) is 5.58. The van der Waals surface area contributed by atoms with Crippen LogP contribution in [0.3, 0.4) is 0 Å². The van der Waals surface area contributed by atoms with Crippen LogP contribution in [0.2, 0.25) is 10.0 Å². The van der Waals surface area contributed by atoms with Gasteiger partial charge in [-0.25, -0.2) is 0 Å². The minimum atomic E-state index is -0.208. The minimum Gasteiger partial charge on any atom is -0.355 e. The van der Waals surface area contributed by atoms with Gasteiger partial charge in [-0.3, -0.25) is 9.59 Å². The monoisotopic (exact) mass is 286 g/mol. The molecular weight excluding hydrogens is 275 g/mol. The summed E-state index contributed by atoms with van der Waals surface area (Å²) in [6, 6.07) is 4.86. The average Bonchev–Trinajstić information content (AvgIpc) is 2.28. The van der Waals surface area contributed by atoms with E-state index in [2.05, 4.69) is 10.6 Å². The van der Waals surface area contributed by atoms with Gasteiger partial charge < -0.3 is 10.6 Å². The number of halogens is 2. The molecule has 2 rings (SSSR count). The van der Waals surface area contributed by atoms with Crippen LogP contribution in [0.1, 0.15) is 12.8 Å². The van der Waals surface area contributed by atoms with Crippen molar-refractivity contribution >= 4 is 40.7 Å². The molecule has 1 aliphatic rings. The van der Waals surface area contributed by atoms with Gasteiger partial charge in [0.15, 0.2) is 0 Å². The summed E-state index contributed by atoms with van der Waals surface area (Å²) in [5, 5.41) is 6.35. The molecule has 2 amide bonds. The zero-order valence-electron chi connectivity index (χ0n) is 9.50. The Morgan fingerprint density at radius 1 is 1.28 bits per heavy atom. The number of rotatable bonds is 2. The van der Waals surface area contributed by atoms with Gasteiger partial charge in [-0.2, -0.15) is 0 Å². The van der Waals surface area contributed by atoms with Gasteiger partial charge in [-0.15, -0.1) is 0 Å². The third kappa shape index (κ3) is 3.37. The summed E-state index contributed by atoms with van der Waals surface area (Å²) in [4.78, 5) is 22.9. The van der Waals surface area contributed by atoms with Gasteiger partial charge in [0, 0.05) is 28.7 Å².